The second-order valence-electron chi connectivity index (χ2n) is 4.22. The molecule has 1 heterocycles. The minimum absolute atomic E-state index is 0.0370. The number of hydrogen-bond acceptors (Lipinski definition) is 4. The highest BCUT2D eigenvalue weighted by Crippen LogP contribution is 2.39. The molecule has 0 amide bonds. The fourth-order valence-corrected chi connectivity index (χ4v) is 1.51. The van der Waals surface area contributed by atoms with Gasteiger partial charge in [0.15, 0.2) is 0 Å². The standard InChI is InChI=1S/C10H14N2O3/c1-6(5-9(13)14)4-8-11-12-10(15-8)7-2-3-7/h6-7H,2-5H2,1H3,(H,13,14). The van der Waals surface area contributed by atoms with Gasteiger partial charge in [0.25, 0.3) is 0 Å². The molecule has 1 aliphatic rings. The molecule has 1 aliphatic carbocycles. The van der Waals surface area contributed by atoms with Crippen LogP contribution in [-0.4, -0.2) is 21.3 Å². The molecule has 1 saturated carbocycles. The Balaban J connectivity index is 1.89. The molecule has 1 atom stereocenters. The van der Waals surface area contributed by atoms with Crippen molar-refractivity contribution in [3.8, 4) is 0 Å². The summed E-state index contributed by atoms with van der Waals surface area (Å²) in [5.41, 5.74) is 0. The average molecular weight is 210 g/mol. The zero-order chi connectivity index (χ0) is 10.8. The monoisotopic (exact) mass is 210 g/mol. The molecule has 2 rings (SSSR count). The van der Waals surface area contributed by atoms with E-state index in [1.54, 1.807) is 0 Å². The molecule has 82 valence electrons. The first-order chi connectivity index (χ1) is 7.15. The maximum absolute atomic E-state index is 10.5. The van der Waals surface area contributed by atoms with Crippen molar-refractivity contribution in [2.24, 2.45) is 5.92 Å². The molecule has 15 heavy (non-hydrogen) atoms. The normalized spacial score (nSPS) is 17.7. The summed E-state index contributed by atoms with van der Waals surface area (Å²) >= 11 is 0. The van der Waals surface area contributed by atoms with E-state index in [4.69, 9.17) is 9.52 Å². The molecule has 0 radical (unpaired) electrons. The van der Waals surface area contributed by atoms with E-state index in [9.17, 15) is 4.79 Å². The van der Waals surface area contributed by atoms with Crippen molar-refractivity contribution in [3.05, 3.63) is 11.8 Å². The van der Waals surface area contributed by atoms with Gasteiger partial charge in [0, 0.05) is 18.8 Å². The van der Waals surface area contributed by atoms with Gasteiger partial charge < -0.3 is 9.52 Å². The lowest BCUT2D eigenvalue weighted by Crippen LogP contribution is -2.07. The summed E-state index contributed by atoms with van der Waals surface area (Å²) in [6.45, 7) is 1.87. The number of carbonyl (C=O) groups is 1. The van der Waals surface area contributed by atoms with E-state index in [2.05, 4.69) is 10.2 Å². The van der Waals surface area contributed by atoms with Crippen molar-refractivity contribution < 1.29 is 14.3 Å². The lowest BCUT2D eigenvalue weighted by molar-refractivity contribution is -0.137. The summed E-state index contributed by atoms with van der Waals surface area (Å²) < 4.78 is 5.44. The molecule has 1 aromatic rings. The molecular weight excluding hydrogens is 196 g/mol. The lowest BCUT2D eigenvalue weighted by Gasteiger charge is -2.03. The van der Waals surface area contributed by atoms with E-state index in [0.717, 1.165) is 12.8 Å². The van der Waals surface area contributed by atoms with Gasteiger partial charge in [-0.25, -0.2) is 0 Å². The quantitative estimate of drug-likeness (QED) is 0.798. The summed E-state index contributed by atoms with van der Waals surface area (Å²) in [4.78, 5) is 10.5. The predicted molar refractivity (Wildman–Crippen MR) is 51.4 cm³/mol. The first-order valence-corrected chi connectivity index (χ1v) is 5.19. The molecule has 5 heteroatoms. The van der Waals surface area contributed by atoms with Crippen molar-refractivity contribution >= 4 is 5.97 Å². The van der Waals surface area contributed by atoms with Crippen LogP contribution in [0.3, 0.4) is 0 Å². The Morgan fingerprint density at radius 1 is 1.60 bits per heavy atom. The van der Waals surface area contributed by atoms with E-state index in [1.165, 1.54) is 0 Å². The number of aromatic nitrogens is 2. The fraction of sp³-hybridized carbons (Fsp3) is 0.700. The number of carboxylic acids is 1. The summed E-state index contributed by atoms with van der Waals surface area (Å²) in [6, 6.07) is 0. The largest absolute Gasteiger partial charge is 0.481 e. The molecule has 1 unspecified atom stereocenters. The van der Waals surface area contributed by atoms with Crippen molar-refractivity contribution in [2.75, 3.05) is 0 Å². The molecule has 5 nitrogen and oxygen atoms in total. The SMILES string of the molecule is CC(CC(=O)O)Cc1nnc(C2CC2)o1. The Kier molecular flexibility index (Phi) is 2.70. The van der Waals surface area contributed by atoms with Crippen LogP contribution in [0, 0.1) is 5.92 Å². The molecule has 0 aliphatic heterocycles. The van der Waals surface area contributed by atoms with Gasteiger partial charge in [0.1, 0.15) is 0 Å². The maximum Gasteiger partial charge on any atom is 0.303 e. The van der Waals surface area contributed by atoms with Gasteiger partial charge in [-0.1, -0.05) is 6.92 Å². The highest BCUT2D eigenvalue weighted by atomic mass is 16.4. The van der Waals surface area contributed by atoms with E-state index >= 15 is 0 Å². The molecule has 1 fully saturated rings. The Bertz CT molecular complexity index is 357. The topological polar surface area (TPSA) is 76.2 Å². The van der Waals surface area contributed by atoms with Gasteiger partial charge in [-0.05, 0) is 18.8 Å². The predicted octanol–water partition coefficient (Wildman–Crippen LogP) is 1.60. The lowest BCUT2D eigenvalue weighted by atomic mass is 10.0. The van der Waals surface area contributed by atoms with Crippen LogP contribution < -0.4 is 0 Å². The second kappa shape index (κ2) is 4.00. The highest BCUT2D eigenvalue weighted by molar-refractivity contribution is 5.66. The zero-order valence-electron chi connectivity index (χ0n) is 8.64. The Labute approximate surface area is 87.5 Å². The highest BCUT2D eigenvalue weighted by Gasteiger charge is 2.29. The van der Waals surface area contributed by atoms with Crippen molar-refractivity contribution in [1.29, 1.82) is 0 Å². The molecular formula is C10H14N2O3. The van der Waals surface area contributed by atoms with Gasteiger partial charge in [0.05, 0.1) is 0 Å². The van der Waals surface area contributed by atoms with Crippen molar-refractivity contribution in [1.82, 2.24) is 10.2 Å². The van der Waals surface area contributed by atoms with E-state index in [1.807, 2.05) is 6.92 Å². The number of nitrogens with zero attached hydrogens (tertiary/aromatic N) is 2. The van der Waals surface area contributed by atoms with Crippen molar-refractivity contribution in [3.63, 3.8) is 0 Å². The molecule has 0 bridgehead atoms. The van der Waals surface area contributed by atoms with Crippen molar-refractivity contribution in [2.45, 2.75) is 38.5 Å². The minimum atomic E-state index is -0.788. The Morgan fingerprint density at radius 2 is 2.33 bits per heavy atom. The Hall–Kier alpha value is -1.39. The van der Waals surface area contributed by atoms with Crippen LogP contribution in [0.1, 0.15) is 43.9 Å². The Morgan fingerprint density at radius 3 is 2.93 bits per heavy atom. The summed E-state index contributed by atoms with van der Waals surface area (Å²) in [7, 11) is 0. The van der Waals surface area contributed by atoms with Gasteiger partial charge in [-0.15, -0.1) is 10.2 Å². The molecule has 1 aromatic heterocycles. The minimum Gasteiger partial charge on any atom is -0.481 e. The van der Waals surface area contributed by atoms with Crippen LogP contribution in [0.15, 0.2) is 4.42 Å². The summed E-state index contributed by atoms with van der Waals surface area (Å²) in [6.07, 6.45) is 2.95. The van der Waals surface area contributed by atoms with Gasteiger partial charge >= 0.3 is 5.97 Å². The first-order valence-electron chi connectivity index (χ1n) is 5.19. The van der Waals surface area contributed by atoms with E-state index in [0.29, 0.717) is 24.1 Å². The third-order valence-corrected chi connectivity index (χ3v) is 2.46. The van der Waals surface area contributed by atoms with Gasteiger partial charge in [-0.3, -0.25) is 4.79 Å². The molecule has 1 N–H and O–H groups in total. The number of aliphatic carboxylic acids is 1. The van der Waals surface area contributed by atoms with Crippen LogP contribution >= 0.6 is 0 Å². The third kappa shape index (κ3) is 2.78. The van der Waals surface area contributed by atoms with Crippen LogP contribution in [0.4, 0.5) is 0 Å². The third-order valence-electron chi connectivity index (χ3n) is 2.46. The fourth-order valence-electron chi connectivity index (χ4n) is 1.51. The average Bonchev–Trinajstić information content (AvgIpc) is 2.87. The zero-order valence-corrected chi connectivity index (χ0v) is 8.64. The molecule has 0 saturated heterocycles. The number of hydrogen-bond donors (Lipinski definition) is 1. The maximum atomic E-state index is 10.5. The molecule has 0 aromatic carbocycles. The first kappa shape index (κ1) is 10.1. The summed E-state index contributed by atoms with van der Waals surface area (Å²) in [5.74, 6) is 0.985. The number of carboxylic acid groups (broad SMARTS) is 1. The second-order valence-corrected chi connectivity index (χ2v) is 4.22. The van der Waals surface area contributed by atoms with E-state index < -0.39 is 5.97 Å². The van der Waals surface area contributed by atoms with Gasteiger partial charge in [0.2, 0.25) is 11.8 Å². The number of rotatable bonds is 5. The smallest absolute Gasteiger partial charge is 0.303 e. The summed E-state index contributed by atoms with van der Waals surface area (Å²) in [5, 5.41) is 16.5. The van der Waals surface area contributed by atoms with E-state index in [-0.39, 0.29) is 12.3 Å². The van der Waals surface area contributed by atoms with Crippen LogP contribution in [0.5, 0.6) is 0 Å². The van der Waals surface area contributed by atoms with Gasteiger partial charge in [-0.2, -0.15) is 0 Å². The van der Waals surface area contributed by atoms with Crippen LogP contribution in [0.25, 0.3) is 0 Å². The van der Waals surface area contributed by atoms with Crippen LogP contribution in [0.2, 0.25) is 0 Å². The van der Waals surface area contributed by atoms with Crippen LogP contribution in [-0.2, 0) is 11.2 Å². The molecule has 0 spiro atoms.